The molecular formula is C46H24O4. The predicted octanol–water partition coefficient (Wildman–Crippen LogP) is 13.8. The summed E-state index contributed by atoms with van der Waals surface area (Å²) in [4.78, 5) is 0. The molecule has 0 amide bonds. The van der Waals surface area contributed by atoms with Gasteiger partial charge in [0.1, 0.15) is 39.1 Å². The molecule has 50 heavy (non-hydrogen) atoms. The molecule has 232 valence electrons. The molecule has 0 atom stereocenters. The lowest BCUT2D eigenvalue weighted by molar-refractivity contribution is 0.615. The summed E-state index contributed by atoms with van der Waals surface area (Å²) in [7, 11) is 0. The first-order valence-electron chi connectivity index (χ1n) is 16.8. The number of rotatable bonds is 2. The van der Waals surface area contributed by atoms with E-state index in [-0.39, 0.29) is 0 Å². The fraction of sp³-hybridized carbons (Fsp3) is 0. The minimum Gasteiger partial charge on any atom is -0.464 e. The van der Waals surface area contributed by atoms with E-state index in [1.807, 2.05) is 42.5 Å². The fourth-order valence-electron chi connectivity index (χ4n) is 8.46. The molecule has 0 saturated carbocycles. The summed E-state index contributed by atoms with van der Waals surface area (Å²) in [5, 5.41) is 12.4. The molecule has 0 spiro atoms. The molecule has 0 fully saturated rings. The number of para-hydroxylation sites is 1. The van der Waals surface area contributed by atoms with Crippen LogP contribution in [0.1, 0.15) is 0 Å². The smallest absolute Gasteiger partial charge is 0.136 e. The number of furan rings is 4. The Morgan fingerprint density at radius 3 is 1.42 bits per heavy atom. The first-order valence-corrected chi connectivity index (χ1v) is 16.8. The fourth-order valence-corrected chi connectivity index (χ4v) is 8.46. The Balaban J connectivity index is 1.13. The van der Waals surface area contributed by atoms with Gasteiger partial charge in [0, 0.05) is 37.7 Å². The van der Waals surface area contributed by atoms with Crippen LogP contribution in [0.4, 0.5) is 0 Å². The van der Waals surface area contributed by atoms with Crippen LogP contribution in [0.2, 0.25) is 0 Å². The van der Waals surface area contributed by atoms with Crippen LogP contribution in [-0.2, 0) is 0 Å². The van der Waals surface area contributed by atoms with E-state index in [2.05, 4.69) is 97.1 Å². The highest BCUT2D eigenvalue weighted by atomic mass is 16.3. The van der Waals surface area contributed by atoms with Crippen molar-refractivity contribution in [2.75, 3.05) is 0 Å². The van der Waals surface area contributed by atoms with Gasteiger partial charge in [-0.25, -0.2) is 0 Å². The highest BCUT2D eigenvalue weighted by molar-refractivity contribution is 6.27. The van der Waals surface area contributed by atoms with Crippen molar-refractivity contribution < 1.29 is 17.7 Å². The average molecular weight is 641 g/mol. The van der Waals surface area contributed by atoms with Gasteiger partial charge in [0.05, 0.1) is 6.26 Å². The Hall–Kier alpha value is -6.78. The summed E-state index contributed by atoms with van der Waals surface area (Å²) in [6, 6.07) is 49.0. The van der Waals surface area contributed by atoms with Crippen LogP contribution < -0.4 is 0 Å². The zero-order valence-electron chi connectivity index (χ0n) is 26.5. The first kappa shape index (κ1) is 26.2. The van der Waals surface area contributed by atoms with Gasteiger partial charge >= 0.3 is 0 Å². The lowest BCUT2D eigenvalue weighted by Crippen LogP contribution is -1.90. The van der Waals surface area contributed by atoms with Gasteiger partial charge in [0.15, 0.2) is 0 Å². The average Bonchev–Trinajstić information content (AvgIpc) is 3.95. The van der Waals surface area contributed by atoms with Crippen molar-refractivity contribution in [3.63, 3.8) is 0 Å². The van der Waals surface area contributed by atoms with E-state index in [0.717, 1.165) is 87.9 Å². The van der Waals surface area contributed by atoms with Crippen LogP contribution >= 0.6 is 0 Å². The molecular weight excluding hydrogens is 617 g/mol. The van der Waals surface area contributed by atoms with Crippen molar-refractivity contribution in [1.29, 1.82) is 0 Å². The Morgan fingerprint density at radius 1 is 0.280 bits per heavy atom. The Kier molecular flexibility index (Phi) is 4.94. The summed E-state index contributed by atoms with van der Waals surface area (Å²) >= 11 is 0. The van der Waals surface area contributed by atoms with Crippen molar-refractivity contribution in [1.82, 2.24) is 0 Å². The molecule has 12 rings (SSSR count). The minimum atomic E-state index is 0.856. The van der Waals surface area contributed by atoms with Crippen molar-refractivity contribution >= 4 is 98.3 Å². The largest absolute Gasteiger partial charge is 0.464 e. The summed E-state index contributed by atoms with van der Waals surface area (Å²) in [5.41, 5.74) is 10.7. The van der Waals surface area contributed by atoms with Crippen LogP contribution in [0, 0.1) is 0 Å². The van der Waals surface area contributed by atoms with Gasteiger partial charge in [-0.2, -0.15) is 0 Å². The van der Waals surface area contributed by atoms with Crippen LogP contribution in [0.15, 0.2) is 163 Å². The minimum absolute atomic E-state index is 0.856. The second-order valence-corrected chi connectivity index (χ2v) is 13.1. The van der Waals surface area contributed by atoms with Crippen LogP contribution in [0.3, 0.4) is 0 Å². The topological polar surface area (TPSA) is 52.6 Å². The normalized spacial score (nSPS) is 12.4. The number of fused-ring (bicyclic) bond motifs is 14. The molecule has 0 N–H and O–H groups in total. The van der Waals surface area contributed by atoms with Gasteiger partial charge in [0.25, 0.3) is 0 Å². The van der Waals surface area contributed by atoms with E-state index in [1.54, 1.807) is 6.26 Å². The third kappa shape index (κ3) is 3.39. The highest BCUT2D eigenvalue weighted by Gasteiger charge is 2.21. The van der Waals surface area contributed by atoms with E-state index in [4.69, 9.17) is 17.7 Å². The molecule has 4 aromatic heterocycles. The van der Waals surface area contributed by atoms with Crippen molar-refractivity contribution in [3.8, 4) is 22.3 Å². The van der Waals surface area contributed by atoms with Crippen LogP contribution in [0.5, 0.6) is 0 Å². The molecule has 8 aromatic carbocycles. The maximum atomic E-state index is 6.59. The Bertz CT molecular complexity index is 3330. The van der Waals surface area contributed by atoms with Gasteiger partial charge in [-0.1, -0.05) is 78.9 Å². The highest BCUT2D eigenvalue weighted by Crippen LogP contribution is 2.47. The maximum Gasteiger partial charge on any atom is 0.136 e. The molecule has 0 aliphatic rings. The second kappa shape index (κ2) is 9.43. The molecule has 12 aromatic rings. The van der Waals surface area contributed by atoms with E-state index in [9.17, 15) is 0 Å². The van der Waals surface area contributed by atoms with E-state index in [0.29, 0.717) is 0 Å². The first-order chi connectivity index (χ1) is 24.8. The molecule has 4 nitrogen and oxygen atoms in total. The van der Waals surface area contributed by atoms with Crippen LogP contribution in [0.25, 0.3) is 121 Å². The molecule has 4 heteroatoms. The van der Waals surface area contributed by atoms with Gasteiger partial charge in [0.2, 0.25) is 0 Å². The number of hydrogen-bond acceptors (Lipinski definition) is 4. The lowest BCUT2D eigenvalue weighted by Gasteiger charge is -2.17. The summed E-state index contributed by atoms with van der Waals surface area (Å²) < 4.78 is 24.9. The van der Waals surface area contributed by atoms with Gasteiger partial charge in [-0.15, -0.1) is 0 Å². The number of hydrogen-bond donors (Lipinski definition) is 0. The Labute approximate surface area is 283 Å². The van der Waals surface area contributed by atoms with Crippen molar-refractivity contribution in [2.24, 2.45) is 0 Å². The predicted molar refractivity (Wildman–Crippen MR) is 204 cm³/mol. The molecule has 0 bridgehead atoms. The zero-order chi connectivity index (χ0) is 32.5. The standard InChI is InChI=1S/C46H24O4/c1-3-9-29-27(7-1)42(25-14-16-37-34(23-25)44-33-21-22-47-35(33)17-18-38(44)49-37)28-8-2-4-10-30(28)43(29)26-13-15-32-41(24-26)50-40-20-19-39-45(46(32)40)31-11-5-6-12-36(31)48-39/h1-24H. The summed E-state index contributed by atoms with van der Waals surface area (Å²) in [6.45, 7) is 0. The molecule has 0 unspecified atom stereocenters. The molecule has 4 heterocycles. The summed E-state index contributed by atoms with van der Waals surface area (Å²) in [6.07, 6.45) is 1.75. The molecule has 0 aliphatic heterocycles. The molecule has 0 radical (unpaired) electrons. The summed E-state index contributed by atoms with van der Waals surface area (Å²) in [5.74, 6) is 0. The third-order valence-electron chi connectivity index (χ3n) is 10.6. The van der Waals surface area contributed by atoms with Gasteiger partial charge in [-0.3, -0.25) is 0 Å². The molecule has 0 aliphatic carbocycles. The van der Waals surface area contributed by atoms with Crippen LogP contribution in [-0.4, -0.2) is 0 Å². The van der Waals surface area contributed by atoms with E-state index < -0.39 is 0 Å². The van der Waals surface area contributed by atoms with Gasteiger partial charge < -0.3 is 17.7 Å². The van der Waals surface area contributed by atoms with Crippen molar-refractivity contribution in [3.05, 3.63) is 146 Å². The monoisotopic (exact) mass is 640 g/mol. The third-order valence-corrected chi connectivity index (χ3v) is 10.6. The second-order valence-electron chi connectivity index (χ2n) is 13.1. The zero-order valence-corrected chi connectivity index (χ0v) is 26.5. The van der Waals surface area contributed by atoms with Gasteiger partial charge in [-0.05, 0) is 104 Å². The quantitative estimate of drug-likeness (QED) is 0.176. The van der Waals surface area contributed by atoms with Crippen molar-refractivity contribution in [2.45, 2.75) is 0 Å². The maximum absolute atomic E-state index is 6.59. The number of benzene rings is 8. The Morgan fingerprint density at radius 2 is 0.740 bits per heavy atom. The van der Waals surface area contributed by atoms with E-state index in [1.165, 1.54) is 32.7 Å². The SMILES string of the molecule is c1ccc2c(c1)oc1ccc3oc4cc(-c5c6ccccc6c(-c6ccc7oc8ccc9occc9c8c7c6)c6ccccc56)ccc4c3c12. The molecule has 0 saturated heterocycles. The lowest BCUT2D eigenvalue weighted by atomic mass is 9.85. The van der Waals surface area contributed by atoms with E-state index >= 15 is 0 Å².